The van der Waals surface area contributed by atoms with Gasteiger partial charge in [0.15, 0.2) is 0 Å². The number of aliphatic hydroxyl groups is 1. The lowest BCUT2D eigenvalue weighted by Gasteiger charge is -2.09. The van der Waals surface area contributed by atoms with E-state index in [2.05, 4.69) is 4.74 Å². The molecule has 0 aliphatic rings. The second kappa shape index (κ2) is 8.75. The van der Waals surface area contributed by atoms with Crippen LogP contribution in [0.25, 0.3) is 5.76 Å². The Hall–Kier alpha value is -3.22. The van der Waals surface area contributed by atoms with Crippen molar-refractivity contribution in [3.63, 3.8) is 0 Å². The van der Waals surface area contributed by atoms with E-state index in [1.54, 1.807) is 6.92 Å². The van der Waals surface area contributed by atoms with Crippen LogP contribution in [0.1, 0.15) is 18.1 Å². The summed E-state index contributed by atoms with van der Waals surface area (Å²) < 4.78 is 36.9. The van der Waals surface area contributed by atoms with Crippen LogP contribution in [0, 0.1) is 11.6 Å². The molecular formula is C19H16F2O5. The summed E-state index contributed by atoms with van der Waals surface area (Å²) in [6, 6.07) is 9.28. The van der Waals surface area contributed by atoms with Crippen LogP contribution in [0.15, 0.2) is 48.5 Å². The number of rotatable bonds is 7. The molecule has 0 saturated heterocycles. The van der Waals surface area contributed by atoms with Crippen LogP contribution < -0.4 is 4.74 Å². The Kier molecular flexibility index (Phi) is 6.43. The smallest absolute Gasteiger partial charge is 0.379 e. The second-order valence-electron chi connectivity index (χ2n) is 5.13. The fourth-order valence-corrected chi connectivity index (χ4v) is 2.02. The van der Waals surface area contributed by atoms with Crippen LogP contribution in [0.5, 0.6) is 5.75 Å². The molecule has 0 saturated carbocycles. The van der Waals surface area contributed by atoms with E-state index in [9.17, 15) is 23.5 Å². The van der Waals surface area contributed by atoms with Gasteiger partial charge >= 0.3 is 5.97 Å². The maximum absolute atomic E-state index is 13.5. The Bertz CT molecular complexity index is 808. The number of hydrogen-bond acceptors (Lipinski definition) is 5. The number of benzene rings is 2. The summed E-state index contributed by atoms with van der Waals surface area (Å²) in [5.74, 6) is -3.58. The molecule has 0 aliphatic carbocycles. The highest BCUT2D eigenvalue weighted by Gasteiger charge is 2.14. The van der Waals surface area contributed by atoms with Crippen molar-refractivity contribution in [2.75, 3.05) is 6.61 Å². The summed E-state index contributed by atoms with van der Waals surface area (Å²) >= 11 is 0. The quantitative estimate of drug-likeness (QED) is 0.353. The Balaban J connectivity index is 2.04. The molecule has 2 aromatic carbocycles. The number of ether oxygens (including phenoxy) is 2. The van der Waals surface area contributed by atoms with Gasteiger partial charge in [0.25, 0.3) is 5.78 Å². The zero-order valence-corrected chi connectivity index (χ0v) is 13.9. The van der Waals surface area contributed by atoms with Crippen LogP contribution >= 0.6 is 0 Å². The number of ketones is 1. The SMILES string of the molecule is CCOC(=O)C(=O)C=C(O)c1ccc(OCc2c(F)cccc2F)cc1. The van der Waals surface area contributed by atoms with E-state index in [1.807, 2.05) is 0 Å². The maximum Gasteiger partial charge on any atom is 0.379 e. The molecule has 0 amide bonds. The lowest BCUT2D eigenvalue weighted by Crippen LogP contribution is -2.15. The molecule has 7 heteroatoms. The van der Waals surface area contributed by atoms with Crippen LogP contribution in [0.2, 0.25) is 0 Å². The van der Waals surface area contributed by atoms with Crippen molar-refractivity contribution >= 4 is 17.5 Å². The van der Waals surface area contributed by atoms with Crippen LogP contribution in [0.3, 0.4) is 0 Å². The standard InChI is InChI=1S/C19H16F2O5/c1-2-25-19(24)18(23)10-17(22)12-6-8-13(9-7-12)26-11-14-15(20)4-3-5-16(14)21/h3-10,22H,2,11H2,1H3. The molecule has 1 N–H and O–H groups in total. The third-order valence-electron chi connectivity index (χ3n) is 3.34. The Morgan fingerprint density at radius 2 is 1.69 bits per heavy atom. The van der Waals surface area contributed by atoms with Gasteiger partial charge in [-0.15, -0.1) is 0 Å². The molecule has 2 rings (SSSR count). The topological polar surface area (TPSA) is 72.8 Å². The number of hydrogen-bond donors (Lipinski definition) is 1. The first-order valence-corrected chi connectivity index (χ1v) is 7.70. The molecule has 2 aromatic rings. The summed E-state index contributed by atoms with van der Waals surface area (Å²) in [5, 5.41) is 9.87. The van der Waals surface area contributed by atoms with Gasteiger partial charge in [-0.05, 0) is 43.3 Å². The van der Waals surface area contributed by atoms with Gasteiger partial charge in [-0.1, -0.05) is 6.07 Å². The van der Waals surface area contributed by atoms with E-state index in [0.29, 0.717) is 5.75 Å². The van der Waals surface area contributed by atoms with Crippen molar-refractivity contribution in [2.24, 2.45) is 0 Å². The molecular weight excluding hydrogens is 346 g/mol. The van der Waals surface area contributed by atoms with Crippen molar-refractivity contribution in [1.29, 1.82) is 0 Å². The minimum atomic E-state index is -1.06. The Labute approximate surface area is 148 Å². The summed E-state index contributed by atoms with van der Waals surface area (Å²) in [6.45, 7) is 1.30. The monoisotopic (exact) mass is 362 g/mol. The third kappa shape index (κ3) is 4.89. The third-order valence-corrected chi connectivity index (χ3v) is 3.34. The van der Waals surface area contributed by atoms with E-state index >= 15 is 0 Å². The maximum atomic E-state index is 13.5. The van der Waals surface area contributed by atoms with Gasteiger partial charge in [-0.25, -0.2) is 13.6 Å². The number of carbonyl (C=O) groups is 2. The van der Waals surface area contributed by atoms with Gasteiger partial charge in [0.1, 0.15) is 29.8 Å². The lowest BCUT2D eigenvalue weighted by molar-refractivity contribution is -0.151. The largest absolute Gasteiger partial charge is 0.507 e. The van der Waals surface area contributed by atoms with Crippen molar-refractivity contribution in [2.45, 2.75) is 13.5 Å². The first kappa shape index (κ1) is 19.1. The highest BCUT2D eigenvalue weighted by atomic mass is 19.1. The predicted octanol–water partition coefficient (Wildman–Crippen LogP) is 3.57. The zero-order valence-electron chi connectivity index (χ0n) is 13.9. The summed E-state index contributed by atoms with van der Waals surface area (Å²) in [6.07, 6.45) is 0.753. The lowest BCUT2D eigenvalue weighted by atomic mass is 10.1. The Morgan fingerprint density at radius 3 is 2.27 bits per heavy atom. The van der Waals surface area contributed by atoms with Gasteiger partial charge in [0, 0.05) is 11.6 Å². The molecule has 0 aliphatic heterocycles. The molecule has 0 aromatic heterocycles. The molecule has 26 heavy (non-hydrogen) atoms. The average molecular weight is 362 g/mol. The molecule has 136 valence electrons. The summed E-state index contributed by atoms with van der Waals surface area (Å²) in [5.41, 5.74) is 0.0615. The van der Waals surface area contributed by atoms with Crippen molar-refractivity contribution in [3.8, 4) is 5.75 Å². The molecule has 0 fully saturated rings. The fraction of sp³-hybridized carbons (Fsp3) is 0.158. The number of halogens is 2. The van der Waals surface area contributed by atoms with Crippen molar-refractivity contribution in [1.82, 2.24) is 0 Å². The molecule has 0 bridgehead atoms. The first-order valence-electron chi connectivity index (χ1n) is 7.70. The minimum absolute atomic E-state index is 0.0494. The van der Waals surface area contributed by atoms with E-state index in [0.717, 1.165) is 18.2 Å². The van der Waals surface area contributed by atoms with Gasteiger partial charge < -0.3 is 14.6 Å². The highest BCUT2D eigenvalue weighted by Crippen LogP contribution is 2.20. The molecule has 0 heterocycles. The normalized spacial score (nSPS) is 11.1. The molecule has 0 unspecified atom stereocenters. The average Bonchev–Trinajstić information content (AvgIpc) is 2.62. The van der Waals surface area contributed by atoms with Crippen LogP contribution in [0.4, 0.5) is 8.78 Å². The van der Waals surface area contributed by atoms with Crippen molar-refractivity contribution < 1.29 is 33.0 Å². The second-order valence-corrected chi connectivity index (χ2v) is 5.13. The van der Waals surface area contributed by atoms with E-state index in [-0.39, 0.29) is 24.3 Å². The Morgan fingerprint density at radius 1 is 1.08 bits per heavy atom. The molecule has 0 atom stereocenters. The number of carbonyl (C=O) groups excluding carboxylic acids is 2. The molecule has 0 radical (unpaired) electrons. The van der Waals surface area contributed by atoms with Gasteiger partial charge in [0.2, 0.25) is 0 Å². The highest BCUT2D eigenvalue weighted by molar-refractivity contribution is 6.39. The van der Waals surface area contributed by atoms with Crippen LogP contribution in [-0.4, -0.2) is 23.5 Å². The number of aliphatic hydroxyl groups excluding tert-OH is 1. The molecule has 0 spiro atoms. The minimum Gasteiger partial charge on any atom is -0.507 e. The predicted molar refractivity (Wildman–Crippen MR) is 89.4 cm³/mol. The summed E-state index contributed by atoms with van der Waals surface area (Å²) in [4.78, 5) is 22.7. The first-order chi connectivity index (χ1) is 12.4. The van der Waals surface area contributed by atoms with E-state index in [1.165, 1.54) is 30.3 Å². The van der Waals surface area contributed by atoms with Gasteiger partial charge in [0.05, 0.1) is 12.2 Å². The number of esters is 1. The fourth-order valence-electron chi connectivity index (χ4n) is 2.02. The zero-order chi connectivity index (χ0) is 19.1. The van der Waals surface area contributed by atoms with Crippen LogP contribution in [-0.2, 0) is 20.9 Å². The van der Waals surface area contributed by atoms with Crippen molar-refractivity contribution in [3.05, 3.63) is 71.3 Å². The van der Waals surface area contributed by atoms with E-state index in [4.69, 9.17) is 4.74 Å². The molecule has 5 nitrogen and oxygen atoms in total. The van der Waals surface area contributed by atoms with E-state index < -0.39 is 29.1 Å². The summed E-state index contributed by atoms with van der Waals surface area (Å²) in [7, 11) is 0. The van der Waals surface area contributed by atoms with Gasteiger partial charge in [-0.3, -0.25) is 4.79 Å². The van der Waals surface area contributed by atoms with Gasteiger partial charge in [-0.2, -0.15) is 0 Å².